The number of rotatable bonds is 8. The van der Waals surface area contributed by atoms with Crippen molar-refractivity contribution in [3.63, 3.8) is 0 Å². The first-order valence-corrected chi connectivity index (χ1v) is 7.59. The van der Waals surface area contributed by atoms with Crippen LogP contribution in [0.5, 0.6) is 5.75 Å². The number of para-hydroxylation sites is 2. The average Bonchev–Trinajstić information content (AvgIpc) is 2.99. The van der Waals surface area contributed by atoms with Crippen LogP contribution in [0.15, 0.2) is 30.5 Å². The largest absolute Gasteiger partial charge is 0.495 e. The second kappa shape index (κ2) is 7.97. The number of hydrogen-bond acceptors (Lipinski definition) is 6. The Kier molecular flexibility index (Phi) is 5.98. The molecule has 0 aliphatic carbocycles. The molecule has 0 aliphatic heterocycles. The van der Waals surface area contributed by atoms with E-state index in [0.29, 0.717) is 6.61 Å². The summed E-state index contributed by atoms with van der Waals surface area (Å²) in [5.74, 6) is 0.843. The summed E-state index contributed by atoms with van der Waals surface area (Å²) >= 11 is 1.67. The fourth-order valence-electron chi connectivity index (χ4n) is 1.93. The zero-order valence-corrected chi connectivity index (χ0v) is 13.4. The molecule has 0 bridgehead atoms. The molecule has 0 radical (unpaired) electrons. The molecule has 0 saturated carbocycles. The topological polar surface area (TPSA) is 46.6 Å². The Hall–Kier alpha value is -1.63. The van der Waals surface area contributed by atoms with Crippen molar-refractivity contribution < 1.29 is 9.47 Å². The Bertz CT molecular complexity index is 559. The maximum atomic E-state index is 5.40. The zero-order valence-electron chi connectivity index (χ0n) is 12.6. The number of anilines is 2. The van der Waals surface area contributed by atoms with E-state index in [1.807, 2.05) is 42.4 Å². The SMILES string of the molecule is COCCNCc1cnc(N(C)c2ccccc2OC)s1. The van der Waals surface area contributed by atoms with Crippen LogP contribution in [0, 0.1) is 0 Å². The molecule has 2 aromatic rings. The lowest BCUT2D eigenvalue weighted by molar-refractivity contribution is 0.199. The lowest BCUT2D eigenvalue weighted by atomic mass is 10.3. The standard InChI is InChI=1S/C15H21N3O2S/c1-18(13-6-4-5-7-14(13)20-3)15-17-11-12(21-15)10-16-8-9-19-2/h4-7,11,16H,8-10H2,1-3H3. The zero-order chi connectivity index (χ0) is 15.1. The number of methoxy groups -OCH3 is 2. The van der Waals surface area contributed by atoms with Crippen LogP contribution in [-0.4, -0.2) is 39.4 Å². The van der Waals surface area contributed by atoms with Crippen LogP contribution in [-0.2, 0) is 11.3 Å². The highest BCUT2D eigenvalue weighted by Gasteiger charge is 2.12. The van der Waals surface area contributed by atoms with E-state index in [9.17, 15) is 0 Å². The van der Waals surface area contributed by atoms with Gasteiger partial charge in [0.1, 0.15) is 5.75 Å². The number of aromatic nitrogens is 1. The number of benzene rings is 1. The van der Waals surface area contributed by atoms with E-state index in [-0.39, 0.29) is 0 Å². The first-order chi connectivity index (χ1) is 10.3. The fourth-order valence-corrected chi connectivity index (χ4v) is 2.78. The first kappa shape index (κ1) is 15.8. The quantitative estimate of drug-likeness (QED) is 0.760. The Morgan fingerprint density at radius 1 is 1.29 bits per heavy atom. The van der Waals surface area contributed by atoms with Gasteiger partial charge in [-0.3, -0.25) is 0 Å². The molecule has 1 N–H and O–H groups in total. The van der Waals surface area contributed by atoms with Crippen molar-refractivity contribution in [1.82, 2.24) is 10.3 Å². The molecule has 114 valence electrons. The van der Waals surface area contributed by atoms with Crippen LogP contribution in [0.25, 0.3) is 0 Å². The van der Waals surface area contributed by atoms with Crippen molar-refractivity contribution in [3.8, 4) is 5.75 Å². The smallest absolute Gasteiger partial charge is 0.189 e. The van der Waals surface area contributed by atoms with Crippen LogP contribution in [0.1, 0.15) is 4.88 Å². The number of nitrogens with zero attached hydrogens (tertiary/aromatic N) is 2. The van der Waals surface area contributed by atoms with Gasteiger partial charge in [-0.2, -0.15) is 0 Å². The summed E-state index contributed by atoms with van der Waals surface area (Å²) in [4.78, 5) is 7.73. The number of ether oxygens (including phenoxy) is 2. The van der Waals surface area contributed by atoms with Crippen molar-refractivity contribution in [3.05, 3.63) is 35.3 Å². The van der Waals surface area contributed by atoms with Crippen LogP contribution >= 0.6 is 11.3 Å². The van der Waals surface area contributed by atoms with Crippen molar-refractivity contribution in [2.45, 2.75) is 6.54 Å². The predicted octanol–water partition coefficient (Wildman–Crippen LogP) is 2.66. The Balaban J connectivity index is 2.03. The second-order valence-corrected chi connectivity index (χ2v) is 5.60. The molecule has 5 nitrogen and oxygen atoms in total. The molecule has 0 unspecified atom stereocenters. The molecule has 0 atom stereocenters. The molecule has 1 aromatic carbocycles. The van der Waals surface area contributed by atoms with Gasteiger partial charge >= 0.3 is 0 Å². The minimum Gasteiger partial charge on any atom is -0.495 e. The van der Waals surface area contributed by atoms with Crippen LogP contribution < -0.4 is 15.0 Å². The highest BCUT2D eigenvalue weighted by atomic mass is 32.1. The number of thiazole rings is 1. The van der Waals surface area contributed by atoms with E-state index in [1.54, 1.807) is 25.6 Å². The normalized spacial score (nSPS) is 10.6. The highest BCUT2D eigenvalue weighted by molar-refractivity contribution is 7.15. The molecular formula is C15H21N3O2S. The van der Waals surface area contributed by atoms with Crippen molar-refractivity contribution in [2.24, 2.45) is 0 Å². The molecule has 6 heteroatoms. The predicted molar refractivity (Wildman–Crippen MR) is 86.8 cm³/mol. The summed E-state index contributed by atoms with van der Waals surface area (Å²) in [5, 5.41) is 4.27. The summed E-state index contributed by atoms with van der Waals surface area (Å²) in [5.41, 5.74) is 1.01. The lowest BCUT2D eigenvalue weighted by Crippen LogP contribution is -2.17. The summed E-state index contributed by atoms with van der Waals surface area (Å²) in [6.07, 6.45) is 1.91. The molecule has 0 spiro atoms. The molecule has 21 heavy (non-hydrogen) atoms. The van der Waals surface area contributed by atoms with Gasteiger partial charge in [-0.1, -0.05) is 12.1 Å². The second-order valence-electron chi connectivity index (χ2n) is 4.51. The average molecular weight is 307 g/mol. The minimum absolute atomic E-state index is 0.715. The molecular weight excluding hydrogens is 286 g/mol. The lowest BCUT2D eigenvalue weighted by Gasteiger charge is -2.18. The molecule has 1 aromatic heterocycles. The maximum Gasteiger partial charge on any atom is 0.189 e. The van der Waals surface area contributed by atoms with E-state index in [4.69, 9.17) is 9.47 Å². The van der Waals surface area contributed by atoms with Crippen molar-refractivity contribution in [2.75, 3.05) is 39.3 Å². The van der Waals surface area contributed by atoms with Gasteiger partial charge in [0.15, 0.2) is 5.13 Å². The molecule has 0 fully saturated rings. The molecule has 0 aliphatic rings. The third kappa shape index (κ3) is 4.17. The number of nitrogens with one attached hydrogen (secondary N) is 1. The maximum absolute atomic E-state index is 5.40. The van der Waals surface area contributed by atoms with Gasteiger partial charge in [0.25, 0.3) is 0 Å². The fraction of sp³-hybridized carbons (Fsp3) is 0.400. The van der Waals surface area contributed by atoms with Crippen molar-refractivity contribution in [1.29, 1.82) is 0 Å². The van der Waals surface area contributed by atoms with E-state index >= 15 is 0 Å². The van der Waals surface area contributed by atoms with Crippen LogP contribution in [0.4, 0.5) is 10.8 Å². The van der Waals surface area contributed by atoms with Gasteiger partial charge in [-0.25, -0.2) is 4.98 Å². The van der Waals surface area contributed by atoms with Gasteiger partial charge in [-0.05, 0) is 12.1 Å². The Morgan fingerprint density at radius 3 is 2.86 bits per heavy atom. The molecule has 2 rings (SSSR count). The number of hydrogen-bond donors (Lipinski definition) is 1. The molecule has 1 heterocycles. The van der Waals surface area contributed by atoms with E-state index < -0.39 is 0 Å². The summed E-state index contributed by atoms with van der Waals surface area (Å²) < 4.78 is 10.4. The van der Waals surface area contributed by atoms with Crippen LogP contribution in [0.3, 0.4) is 0 Å². The van der Waals surface area contributed by atoms with Gasteiger partial charge < -0.3 is 19.7 Å². The van der Waals surface area contributed by atoms with E-state index in [0.717, 1.165) is 29.7 Å². The van der Waals surface area contributed by atoms with E-state index in [2.05, 4.69) is 10.3 Å². The summed E-state index contributed by atoms with van der Waals surface area (Å²) in [7, 11) is 5.38. The summed E-state index contributed by atoms with van der Waals surface area (Å²) in [6.45, 7) is 2.36. The first-order valence-electron chi connectivity index (χ1n) is 6.77. The minimum atomic E-state index is 0.715. The van der Waals surface area contributed by atoms with Crippen LogP contribution in [0.2, 0.25) is 0 Å². The monoisotopic (exact) mass is 307 g/mol. The summed E-state index contributed by atoms with van der Waals surface area (Å²) in [6, 6.07) is 7.93. The molecule has 0 saturated heterocycles. The van der Waals surface area contributed by atoms with Gasteiger partial charge in [0, 0.05) is 38.3 Å². The Labute approximate surface area is 129 Å². The van der Waals surface area contributed by atoms with Gasteiger partial charge in [0.05, 0.1) is 19.4 Å². The van der Waals surface area contributed by atoms with Gasteiger partial charge in [0.2, 0.25) is 0 Å². The third-order valence-electron chi connectivity index (χ3n) is 3.06. The highest BCUT2D eigenvalue weighted by Crippen LogP contribution is 2.34. The Morgan fingerprint density at radius 2 is 2.10 bits per heavy atom. The van der Waals surface area contributed by atoms with Crippen molar-refractivity contribution >= 4 is 22.2 Å². The third-order valence-corrected chi connectivity index (χ3v) is 4.13. The van der Waals surface area contributed by atoms with E-state index in [1.165, 1.54) is 4.88 Å². The molecule has 0 amide bonds. The van der Waals surface area contributed by atoms with Gasteiger partial charge in [-0.15, -0.1) is 11.3 Å².